The third-order valence-corrected chi connectivity index (χ3v) is 4.49. The molecule has 0 radical (unpaired) electrons. The molecule has 21 heavy (non-hydrogen) atoms. The Morgan fingerprint density at radius 1 is 1.33 bits per heavy atom. The molecule has 1 fully saturated rings. The molecule has 0 N–H and O–H groups in total. The molecule has 0 saturated carbocycles. The van der Waals surface area contributed by atoms with Crippen LogP contribution in [-0.4, -0.2) is 36.8 Å². The van der Waals surface area contributed by atoms with E-state index in [2.05, 4.69) is 0 Å². The summed E-state index contributed by atoms with van der Waals surface area (Å²) in [4.78, 5) is 13.6. The summed E-state index contributed by atoms with van der Waals surface area (Å²) in [6.45, 7) is 1.10. The first-order valence-electron chi connectivity index (χ1n) is 6.50. The Hall–Kier alpha value is -1.21. The number of benzene rings is 1. The van der Waals surface area contributed by atoms with Crippen molar-refractivity contribution in [1.29, 1.82) is 0 Å². The van der Waals surface area contributed by atoms with Gasteiger partial charge in [0.25, 0.3) is 0 Å². The minimum absolute atomic E-state index is 0.0148. The molecule has 1 saturated heterocycles. The van der Waals surface area contributed by atoms with Gasteiger partial charge in [0.2, 0.25) is 5.91 Å². The summed E-state index contributed by atoms with van der Waals surface area (Å²) < 4.78 is 42.6. The molecule has 0 aliphatic carbocycles. The molecule has 1 amide bonds. The lowest BCUT2D eigenvalue weighted by Crippen LogP contribution is -2.29. The first-order valence-corrected chi connectivity index (χ1v) is 7.55. The van der Waals surface area contributed by atoms with Gasteiger partial charge in [0.15, 0.2) is 0 Å². The number of hydrogen-bond acceptors (Lipinski definition) is 3. The summed E-state index contributed by atoms with van der Waals surface area (Å²) in [7, 11) is 1.59. The molecule has 1 atom stereocenters. The van der Waals surface area contributed by atoms with Gasteiger partial charge in [-0.05, 0) is 24.1 Å². The number of hydrogen-bond donors (Lipinski definition) is 0. The quantitative estimate of drug-likeness (QED) is 0.780. The van der Waals surface area contributed by atoms with Crippen molar-refractivity contribution >= 4 is 17.7 Å². The molecule has 1 unspecified atom stereocenters. The van der Waals surface area contributed by atoms with E-state index in [4.69, 9.17) is 4.74 Å². The van der Waals surface area contributed by atoms with E-state index in [0.717, 1.165) is 17.7 Å². The lowest BCUT2D eigenvalue weighted by Gasteiger charge is -2.24. The first kappa shape index (κ1) is 16.2. The van der Waals surface area contributed by atoms with Crippen LogP contribution >= 0.6 is 11.8 Å². The van der Waals surface area contributed by atoms with Crippen LogP contribution in [-0.2, 0) is 15.7 Å². The van der Waals surface area contributed by atoms with Crippen LogP contribution in [0.3, 0.4) is 0 Å². The van der Waals surface area contributed by atoms with Gasteiger partial charge in [-0.25, -0.2) is 0 Å². The van der Waals surface area contributed by atoms with Crippen molar-refractivity contribution in [2.45, 2.75) is 18.0 Å². The van der Waals surface area contributed by atoms with Crippen molar-refractivity contribution in [1.82, 2.24) is 4.90 Å². The fourth-order valence-corrected chi connectivity index (χ4v) is 3.41. The molecular weight excluding hydrogens is 303 g/mol. The molecule has 1 aliphatic heterocycles. The molecule has 3 nitrogen and oxygen atoms in total. The highest BCUT2D eigenvalue weighted by Crippen LogP contribution is 2.39. The van der Waals surface area contributed by atoms with Gasteiger partial charge in [0.05, 0.1) is 11.3 Å². The average molecular weight is 319 g/mol. The number of thioether (sulfide) groups is 1. The van der Waals surface area contributed by atoms with E-state index < -0.39 is 11.7 Å². The standard InChI is InChI=1S/C14H16F3NO2S/c1-20-8-2-7-18-12(19)9-21-13(18)10-3-5-11(6-4-10)14(15,16)17/h3-6,13H,2,7-9H2,1H3. The maximum absolute atomic E-state index is 12.6. The van der Waals surface area contributed by atoms with Gasteiger partial charge in [0, 0.05) is 20.3 Å². The molecule has 1 aromatic carbocycles. The zero-order chi connectivity index (χ0) is 15.5. The number of amides is 1. The van der Waals surface area contributed by atoms with Crippen molar-refractivity contribution in [3.05, 3.63) is 35.4 Å². The van der Waals surface area contributed by atoms with Crippen LogP contribution in [0.5, 0.6) is 0 Å². The van der Waals surface area contributed by atoms with Crippen LogP contribution in [0.2, 0.25) is 0 Å². The Balaban J connectivity index is 2.10. The molecule has 7 heteroatoms. The van der Waals surface area contributed by atoms with E-state index in [1.165, 1.54) is 23.9 Å². The lowest BCUT2D eigenvalue weighted by molar-refractivity contribution is -0.137. The Morgan fingerprint density at radius 3 is 2.57 bits per heavy atom. The Labute approximate surface area is 125 Å². The number of rotatable bonds is 5. The number of ether oxygens (including phenoxy) is 1. The van der Waals surface area contributed by atoms with Crippen molar-refractivity contribution in [3.63, 3.8) is 0 Å². The summed E-state index contributed by atoms with van der Waals surface area (Å²) in [5.74, 6) is 0.375. The molecular formula is C14H16F3NO2S. The number of nitrogens with zero attached hydrogens (tertiary/aromatic N) is 1. The smallest absolute Gasteiger partial charge is 0.385 e. The second kappa shape index (κ2) is 6.70. The summed E-state index contributed by atoms with van der Waals surface area (Å²) in [6.07, 6.45) is -3.63. The molecule has 0 spiro atoms. The predicted octanol–water partition coefficient (Wildman–Crippen LogP) is 3.32. The molecule has 1 aliphatic rings. The van der Waals surface area contributed by atoms with E-state index in [-0.39, 0.29) is 11.3 Å². The van der Waals surface area contributed by atoms with Crippen LogP contribution < -0.4 is 0 Å². The number of carbonyl (C=O) groups is 1. The van der Waals surface area contributed by atoms with E-state index in [1.807, 2.05) is 0 Å². The fraction of sp³-hybridized carbons (Fsp3) is 0.500. The van der Waals surface area contributed by atoms with Gasteiger partial charge in [0.1, 0.15) is 5.37 Å². The second-order valence-electron chi connectivity index (χ2n) is 4.72. The largest absolute Gasteiger partial charge is 0.416 e. The van der Waals surface area contributed by atoms with E-state index in [9.17, 15) is 18.0 Å². The highest BCUT2D eigenvalue weighted by Gasteiger charge is 2.34. The Bertz CT molecular complexity index is 490. The van der Waals surface area contributed by atoms with Gasteiger partial charge in [-0.1, -0.05) is 12.1 Å². The first-order chi connectivity index (χ1) is 9.93. The summed E-state index contributed by atoms with van der Waals surface area (Å²) in [6, 6.07) is 5.02. The van der Waals surface area contributed by atoms with Gasteiger partial charge in [-0.3, -0.25) is 4.79 Å². The van der Waals surface area contributed by atoms with Gasteiger partial charge in [-0.2, -0.15) is 13.2 Å². The number of alkyl halides is 3. The molecule has 1 aromatic rings. The second-order valence-corrected chi connectivity index (χ2v) is 5.79. The Kier molecular flexibility index (Phi) is 5.16. The van der Waals surface area contributed by atoms with Crippen LogP contribution in [0, 0.1) is 0 Å². The monoisotopic (exact) mass is 319 g/mol. The van der Waals surface area contributed by atoms with Crippen molar-refractivity contribution in [3.8, 4) is 0 Å². The predicted molar refractivity (Wildman–Crippen MR) is 74.8 cm³/mol. The van der Waals surface area contributed by atoms with Crippen molar-refractivity contribution < 1.29 is 22.7 Å². The highest BCUT2D eigenvalue weighted by molar-refractivity contribution is 8.00. The van der Waals surface area contributed by atoms with Crippen molar-refractivity contribution in [2.24, 2.45) is 0 Å². The van der Waals surface area contributed by atoms with Crippen LogP contribution in [0.25, 0.3) is 0 Å². The van der Waals surface area contributed by atoms with Gasteiger partial charge in [-0.15, -0.1) is 11.8 Å². The van der Waals surface area contributed by atoms with Gasteiger partial charge >= 0.3 is 6.18 Å². The van der Waals surface area contributed by atoms with E-state index in [1.54, 1.807) is 12.0 Å². The average Bonchev–Trinajstić information content (AvgIpc) is 2.80. The molecule has 2 rings (SSSR count). The number of methoxy groups -OCH3 is 1. The topological polar surface area (TPSA) is 29.5 Å². The number of carbonyl (C=O) groups excluding carboxylic acids is 1. The summed E-state index contributed by atoms with van der Waals surface area (Å²) in [5.41, 5.74) is 0.0442. The SMILES string of the molecule is COCCCN1C(=O)CSC1c1ccc(C(F)(F)F)cc1. The number of halogens is 3. The van der Waals surface area contributed by atoms with Crippen LogP contribution in [0.1, 0.15) is 22.9 Å². The zero-order valence-corrected chi connectivity index (χ0v) is 12.3. The zero-order valence-electron chi connectivity index (χ0n) is 11.5. The molecule has 0 aromatic heterocycles. The third-order valence-electron chi connectivity index (χ3n) is 3.24. The maximum Gasteiger partial charge on any atom is 0.416 e. The highest BCUT2D eigenvalue weighted by atomic mass is 32.2. The normalized spacial score (nSPS) is 19.3. The van der Waals surface area contributed by atoms with E-state index in [0.29, 0.717) is 25.3 Å². The van der Waals surface area contributed by atoms with E-state index >= 15 is 0 Å². The van der Waals surface area contributed by atoms with Crippen LogP contribution in [0.4, 0.5) is 13.2 Å². The van der Waals surface area contributed by atoms with Crippen molar-refractivity contribution in [2.75, 3.05) is 26.0 Å². The van der Waals surface area contributed by atoms with Crippen LogP contribution in [0.15, 0.2) is 24.3 Å². The third kappa shape index (κ3) is 3.91. The molecule has 116 valence electrons. The molecule has 0 bridgehead atoms. The summed E-state index contributed by atoms with van der Waals surface area (Å²) >= 11 is 1.44. The maximum atomic E-state index is 12.6. The minimum atomic E-state index is -4.34. The minimum Gasteiger partial charge on any atom is -0.385 e. The van der Waals surface area contributed by atoms with Gasteiger partial charge < -0.3 is 9.64 Å². The fourth-order valence-electron chi connectivity index (χ4n) is 2.19. The summed E-state index contributed by atoms with van der Waals surface area (Å²) in [5, 5.41) is -0.211. The Morgan fingerprint density at radius 2 is 2.00 bits per heavy atom. The molecule has 1 heterocycles. The lowest BCUT2D eigenvalue weighted by atomic mass is 10.1.